The average Bonchev–Trinajstić information content (AvgIpc) is 3.23. The Morgan fingerprint density at radius 2 is 1.89 bits per heavy atom. The highest BCUT2D eigenvalue weighted by Crippen LogP contribution is 2.39. The zero-order chi connectivity index (χ0) is 18.4. The Morgan fingerprint density at radius 1 is 1.11 bits per heavy atom. The maximum absolute atomic E-state index is 12.8. The Kier molecular flexibility index (Phi) is 3.83. The number of nitrogens with one attached hydrogen (secondary N) is 1. The molecule has 1 fully saturated rings. The molecular weight excluding hydrogens is 336 g/mol. The molecule has 2 aliphatic rings. The highest BCUT2D eigenvalue weighted by atomic mass is 16.2. The molecular formula is C22H22N4O. The average molecular weight is 358 g/mol. The van der Waals surface area contributed by atoms with Crippen molar-refractivity contribution in [2.45, 2.75) is 25.0 Å². The Bertz CT molecular complexity index is 995. The predicted octanol–water partition coefficient (Wildman–Crippen LogP) is 2.74. The first-order valence-electron chi connectivity index (χ1n) is 9.41. The topological polar surface area (TPSA) is 50.2 Å². The van der Waals surface area contributed by atoms with E-state index in [-0.39, 0.29) is 18.1 Å². The Morgan fingerprint density at radius 3 is 2.74 bits per heavy atom. The van der Waals surface area contributed by atoms with Crippen molar-refractivity contribution in [3.63, 3.8) is 0 Å². The summed E-state index contributed by atoms with van der Waals surface area (Å²) in [5.74, 6) is 0.968. The number of amides is 1. The summed E-state index contributed by atoms with van der Waals surface area (Å²) < 4.78 is 2.13. The van der Waals surface area contributed by atoms with Gasteiger partial charge >= 0.3 is 0 Å². The molecule has 3 heterocycles. The van der Waals surface area contributed by atoms with Crippen molar-refractivity contribution in [1.82, 2.24) is 19.8 Å². The minimum Gasteiger partial charge on any atom is -0.332 e. The molecule has 3 aromatic rings. The van der Waals surface area contributed by atoms with Gasteiger partial charge < -0.3 is 9.88 Å². The number of nitrogens with zero attached hydrogens (tertiary/aromatic N) is 3. The van der Waals surface area contributed by atoms with Crippen molar-refractivity contribution in [3.05, 3.63) is 89.0 Å². The van der Waals surface area contributed by atoms with E-state index in [4.69, 9.17) is 0 Å². The van der Waals surface area contributed by atoms with E-state index in [0.717, 1.165) is 36.5 Å². The van der Waals surface area contributed by atoms with Gasteiger partial charge in [0.2, 0.25) is 5.91 Å². The van der Waals surface area contributed by atoms with Crippen LogP contribution in [0.5, 0.6) is 0 Å². The molecule has 1 amide bonds. The maximum Gasteiger partial charge on any atom is 0.243 e. The summed E-state index contributed by atoms with van der Waals surface area (Å²) in [5, 5.41) is 3.17. The summed E-state index contributed by atoms with van der Waals surface area (Å²) in [6.07, 6.45) is 3.54. The van der Waals surface area contributed by atoms with Crippen LogP contribution in [0.1, 0.15) is 40.4 Å². The molecule has 1 N–H and O–H groups in total. The molecule has 136 valence electrons. The number of rotatable bonds is 3. The van der Waals surface area contributed by atoms with Crippen LogP contribution in [0.4, 0.5) is 0 Å². The second-order valence-corrected chi connectivity index (χ2v) is 7.33. The second kappa shape index (κ2) is 6.35. The molecule has 5 rings (SSSR count). The number of carbonyl (C=O) groups excluding carboxylic acids is 1. The summed E-state index contributed by atoms with van der Waals surface area (Å²) in [6, 6.07) is 18.5. The summed E-state index contributed by atoms with van der Waals surface area (Å²) in [6.45, 7) is 0.853. The van der Waals surface area contributed by atoms with Crippen molar-refractivity contribution >= 4 is 5.91 Å². The van der Waals surface area contributed by atoms with Crippen LogP contribution in [0, 0.1) is 0 Å². The number of benzene rings is 2. The molecule has 27 heavy (non-hydrogen) atoms. The van der Waals surface area contributed by atoms with E-state index in [0.29, 0.717) is 0 Å². The van der Waals surface area contributed by atoms with E-state index in [1.54, 1.807) is 0 Å². The summed E-state index contributed by atoms with van der Waals surface area (Å²) >= 11 is 0. The number of imidazole rings is 1. The van der Waals surface area contributed by atoms with Crippen molar-refractivity contribution in [2.75, 3.05) is 6.54 Å². The molecule has 1 aromatic heterocycles. The van der Waals surface area contributed by atoms with Crippen molar-refractivity contribution in [1.29, 1.82) is 0 Å². The fraction of sp³-hybridized carbons (Fsp3) is 0.273. The summed E-state index contributed by atoms with van der Waals surface area (Å²) in [5.41, 5.74) is 4.81. The van der Waals surface area contributed by atoms with Gasteiger partial charge in [-0.3, -0.25) is 9.69 Å². The van der Waals surface area contributed by atoms with Crippen LogP contribution in [0.3, 0.4) is 0 Å². The third-order valence-corrected chi connectivity index (χ3v) is 5.77. The van der Waals surface area contributed by atoms with Crippen LogP contribution in [-0.2, 0) is 24.7 Å². The van der Waals surface area contributed by atoms with Gasteiger partial charge in [0.1, 0.15) is 18.0 Å². The Hall–Kier alpha value is -2.92. The van der Waals surface area contributed by atoms with Crippen LogP contribution in [0.25, 0.3) is 0 Å². The number of hydrogen-bond donors (Lipinski definition) is 1. The molecule has 5 nitrogen and oxygen atoms in total. The molecule has 2 atom stereocenters. The first-order chi connectivity index (χ1) is 13.2. The van der Waals surface area contributed by atoms with Gasteiger partial charge in [-0.05, 0) is 23.1 Å². The SMILES string of the molecule is Cn1c(Cc2ccccc2)cnc1C1NC(=O)C2c3ccccc3CCN12. The fourth-order valence-electron chi connectivity index (χ4n) is 4.35. The standard InChI is InChI=1S/C22H22N4O/c1-25-17(13-15-7-3-2-4-8-15)14-23-20(25)21-24-22(27)19-18-10-6-5-9-16(18)11-12-26(19)21/h2-10,14,19,21H,11-13H2,1H3,(H,24,27). The normalized spacial score (nSPS) is 21.6. The van der Waals surface area contributed by atoms with Crippen molar-refractivity contribution in [3.8, 4) is 0 Å². The lowest BCUT2D eigenvalue weighted by Gasteiger charge is -2.32. The van der Waals surface area contributed by atoms with E-state index in [2.05, 4.69) is 56.2 Å². The summed E-state index contributed by atoms with van der Waals surface area (Å²) in [7, 11) is 2.04. The molecule has 0 saturated carbocycles. The number of fused-ring (bicyclic) bond motifs is 3. The molecule has 0 spiro atoms. The molecule has 0 bridgehead atoms. The van der Waals surface area contributed by atoms with Crippen LogP contribution in [-0.4, -0.2) is 26.9 Å². The van der Waals surface area contributed by atoms with E-state index in [1.807, 2.05) is 31.4 Å². The lowest BCUT2D eigenvalue weighted by molar-refractivity contribution is -0.121. The van der Waals surface area contributed by atoms with Gasteiger partial charge in [-0.25, -0.2) is 4.98 Å². The number of carbonyl (C=O) groups is 1. The van der Waals surface area contributed by atoms with Gasteiger partial charge in [0, 0.05) is 31.9 Å². The molecule has 2 aromatic carbocycles. The Balaban J connectivity index is 1.46. The van der Waals surface area contributed by atoms with Crippen molar-refractivity contribution in [2.24, 2.45) is 7.05 Å². The van der Waals surface area contributed by atoms with Gasteiger partial charge in [-0.1, -0.05) is 54.6 Å². The zero-order valence-electron chi connectivity index (χ0n) is 15.3. The maximum atomic E-state index is 12.8. The van der Waals surface area contributed by atoms with Gasteiger partial charge in [0.25, 0.3) is 0 Å². The summed E-state index contributed by atoms with van der Waals surface area (Å²) in [4.78, 5) is 19.7. The molecule has 2 unspecified atom stereocenters. The minimum atomic E-state index is -0.214. The largest absolute Gasteiger partial charge is 0.332 e. The van der Waals surface area contributed by atoms with Crippen molar-refractivity contribution < 1.29 is 4.79 Å². The quantitative estimate of drug-likeness (QED) is 0.783. The van der Waals surface area contributed by atoms with Gasteiger partial charge in [-0.2, -0.15) is 0 Å². The molecule has 0 aliphatic carbocycles. The third kappa shape index (κ3) is 2.66. The van der Waals surface area contributed by atoms with E-state index < -0.39 is 0 Å². The highest BCUT2D eigenvalue weighted by molar-refractivity contribution is 5.86. The first kappa shape index (κ1) is 16.3. The lowest BCUT2D eigenvalue weighted by Crippen LogP contribution is -2.36. The second-order valence-electron chi connectivity index (χ2n) is 7.33. The smallest absolute Gasteiger partial charge is 0.243 e. The van der Waals surface area contributed by atoms with E-state index in [9.17, 15) is 4.79 Å². The van der Waals surface area contributed by atoms with Gasteiger partial charge in [0.05, 0.1) is 0 Å². The van der Waals surface area contributed by atoms with E-state index in [1.165, 1.54) is 11.1 Å². The van der Waals surface area contributed by atoms with Gasteiger partial charge in [0.15, 0.2) is 0 Å². The van der Waals surface area contributed by atoms with Crippen LogP contribution in [0.15, 0.2) is 60.8 Å². The van der Waals surface area contributed by atoms with E-state index >= 15 is 0 Å². The molecule has 2 aliphatic heterocycles. The van der Waals surface area contributed by atoms with Crippen LogP contribution < -0.4 is 5.32 Å². The third-order valence-electron chi connectivity index (χ3n) is 5.77. The van der Waals surface area contributed by atoms with Gasteiger partial charge in [-0.15, -0.1) is 0 Å². The first-order valence-corrected chi connectivity index (χ1v) is 9.41. The molecule has 5 heteroatoms. The minimum absolute atomic E-state index is 0.0692. The molecule has 1 saturated heterocycles. The lowest BCUT2D eigenvalue weighted by atomic mass is 9.93. The fourth-order valence-corrected chi connectivity index (χ4v) is 4.35. The molecule has 0 radical (unpaired) electrons. The number of hydrogen-bond acceptors (Lipinski definition) is 3. The number of aromatic nitrogens is 2. The predicted molar refractivity (Wildman–Crippen MR) is 103 cm³/mol. The Labute approximate surface area is 158 Å². The van der Waals surface area contributed by atoms with Crippen LogP contribution >= 0.6 is 0 Å². The monoisotopic (exact) mass is 358 g/mol. The highest BCUT2D eigenvalue weighted by Gasteiger charge is 2.45. The zero-order valence-corrected chi connectivity index (χ0v) is 15.3. The van der Waals surface area contributed by atoms with Crippen LogP contribution in [0.2, 0.25) is 0 Å².